The summed E-state index contributed by atoms with van der Waals surface area (Å²) < 4.78 is 0. The first-order valence-corrected chi connectivity index (χ1v) is 15.8. The molecule has 1 heterocycles. The maximum atomic E-state index is 4.97. The minimum absolute atomic E-state index is 0.696. The molecule has 0 bridgehead atoms. The van der Waals surface area contributed by atoms with Crippen LogP contribution in [0.25, 0.3) is 45.3 Å². The van der Waals surface area contributed by atoms with Crippen LogP contribution in [0.1, 0.15) is 76.3 Å². The van der Waals surface area contributed by atoms with E-state index in [0.717, 1.165) is 29.5 Å². The molecule has 0 fully saturated rings. The molecule has 0 saturated carbocycles. The van der Waals surface area contributed by atoms with Crippen LogP contribution < -0.4 is 0 Å². The van der Waals surface area contributed by atoms with Gasteiger partial charge < -0.3 is 0 Å². The Balaban J connectivity index is 1.44. The quantitative estimate of drug-likeness (QED) is 0.128. The van der Waals surface area contributed by atoms with Crippen LogP contribution in [0.5, 0.6) is 0 Å². The Bertz CT molecular complexity index is 1430. The lowest BCUT2D eigenvalue weighted by molar-refractivity contribution is 0.667. The molecule has 0 atom stereocenters. The van der Waals surface area contributed by atoms with Gasteiger partial charge in [-0.15, -0.1) is 0 Å². The molecule has 3 nitrogen and oxygen atoms in total. The van der Waals surface area contributed by atoms with Gasteiger partial charge in [-0.1, -0.05) is 156 Å². The Labute approximate surface area is 252 Å². The van der Waals surface area contributed by atoms with Gasteiger partial charge >= 0.3 is 0 Å². The molecule has 42 heavy (non-hydrogen) atoms. The Morgan fingerprint density at radius 2 is 0.714 bits per heavy atom. The highest BCUT2D eigenvalue weighted by molar-refractivity contribution is 5.70. The van der Waals surface area contributed by atoms with Gasteiger partial charge in [0.15, 0.2) is 17.5 Å². The van der Waals surface area contributed by atoms with E-state index < -0.39 is 0 Å². The number of unbranched alkanes of at least 4 members (excludes halogenated alkanes) is 6. The smallest absolute Gasteiger partial charge is 0.164 e. The van der Waals surface area contributed by atoms with Crippen molar-refractivity contribution in [2.24, 2.45) is 0 Å². The summed E-state index contributed by atoms with van der Waals surface area (Å²) in [6.45, 7) is 4.51. The van der Waals surface area contributed by atoms with Crippen LogP contribution >= 0.6 is 0 Å². The number of rotatable bonds is 14. The summed E-state index contributed by atoms with van der Waals surface area (Å²) in [6.07, 6.45) is 12.4. The summed E-state index contributed by atoms with van der Waals surface area (Å²) >= 11 is 0. The standard InChI is InChI=1S/C39H43N3/c1-3-5-7-10-14-30-18-22-34(23-19-30)37-40-38(35-24-20-31(21-25-35)15-11-8-6-4-2)42-39(41-37)36-28-26-33(27-29-36)32-16-12-9-13-17-32/h9,12-13,16-29H,3-8,10-11,14-15H2,1-2H3. The molecule has 0 aliphatic rings. The highest BCUT2D eigenvalue weighted by Gasteiger charge is 2.13. The van der Waals surface area contributed by atoms with E-state index in [4.69, 9.17) is 15.0 Å². The minimum atomic E-state index is 0.696. The maximum Gasteiger partial charge on any atom is 0.164 e. The van der Waals surface area contributed by atoms with Gasteiger partial charge in [0.2, 0.25) is 0 Å². The molecule has 4 aromatic carbocycles. The summed E-state index contributed by atoms with van der Waals surface area (Å²) in [4.78, 5) is 14.9. The number of benzene rings is 4. The number of hydrogen-bond acceptors (Lipinski definition) is 3. The van der Waals surface area contributed by atoms with E-state index in [1.807, 2.05) is 6.07 Å². The molecule has 0 amide bonds. The van der Waals surface area contributed by atoms with E-state index in [2.05, 4.69) is 111 Å². The van der Waals surface area contributed by atoms with Gasteiger partial charge in [-0.25, -0.2) is 15.0 Å². The number of aryl methyl sites for hydroxylation is 2. The first-order chi connectivity index (χ1) is 20.7. The predicted molar refractivity (Wildman–Crippen MR) is 177 cm³/mol. The average Bonchev–Trinajstić information content (AvgIpc) is 3.06. The summed E-state index contributed by atoms with van der Waals surface area (Å²) in [5, 5.41) is 0. The summed E-state index contributed by atoms with van der Waals surface area (Å²) in [5.41, 5.74) is 8.14. The van der Waals surface area contributed by atoms with E-state index >= 15 is 0 Å². The zero-order valence-electron chi connectivity index (χ0n) is 25.2. The number of nitrogens with zero attached hydrogens (tertiary/aromatic N) is 3. The van der Waals surface area contributed by atoms with Crippen molar-refractivity contribution in [2.45, 2.75) is 78.1 Å². The Kier molecular flexibility index (Phi) is 10.6. The third-order valence-corrected chi connectivity index (χ3v) is 7.95. The van der Waals surface area contributed by atoms with Gasteiger partial charge in [0.25, 0.3) is 0 Å². The summed E-state index contributed by atoms with van der Waals surface area (Å²) in [7, 11) is 0. The van der Waals surface area contributed by atoms with Gasteiger partial charge in [-0.2, -0.15) is 0 Å². The molecule has 0 N–H and O–H groups in total. The van der Waals surface area contributed by atoms with Gasteiger partial charge in [-0.05, 0) is 47.9 Å². The maximum absolute atomic E-state index is 4.97. The zero-order valence-corrected chi connectivity index (χ0v) is 25.2. The third-order valence-electron chi connectivity index (χ3n) is 7.95. The van der Waals surface area contributed by atoms with Gasteiger partial charge in [0.1, 0.15) is 0 Å². The van der Waals surface area contributed by atoms with Crippen LogP contribution in [0.3, 0.4) is 0 Å². The predicted octanol–water partition coefficient (Wildman–Crippen LogP) is 10.8. The molecule has 5 rings (SSSR count). The van der Waals surface area contributed by atoms with Crippen molar-refractivity contribution in [1.82, 2.24) is 15.0 Å². The second-order valence-corrected chi connectivity index (χ2v) is 11.3. The van der Waals surface area contributed by atoms with E-state index in [0.29, 0.717) is 17.5 Å². The van der Waals surface area contributed by atoms with Crippen LogP contribution in [0.4, 0.5) is 0 Å². The van der Waals surface area contributed by atoms with Gasteiger partial charge in [0, 0.05) is 16.7 Å². The Morgan fingerprint density at radius 1 is 0.357 bits per heavy atom. The fourth-order valence-corrected chi connectivity index (χ4v) is 5.36. The molecule has 0 aliphatic carbocycles. The lowest BCUT2D eigenvalue weighted by atomic mass is 10.0. The fraction of sp³-hybridized carbons (Fsp3) is 0.308. The van der Waals surface area contributed by atoms with E-state index in [1.54, 1.807) is 0 Å². The zero-order chi connectivity index (χ0) is 29.0. The molecule has 0 spiro atoms. The average molecular weight is 554 g/mol. The van der Waals surface area contributed by atoms with E-state index in [-0.39, 0.29) is 0 Å². The topological polar surface area (TPSA) is 38.7 Å². The molecule has 214 valence electrons. The second kappa shape index (κ2) is 15.2. The van der Waals surface area contributed by atoms with Crippen molar-refractivity contribution < 1.29 is 0 Å². The van der Waals surface area contributed by atoms with Gasteiger partial charge in [-0.3, -0.25) is 0 Å². The monoisotopic (exact) mass is 553 g/mol. The number of aromatic nitrogens is 3. The van der Waals surface area contributed by atoms with Crippen LogP contribution in [0.15, 0.2) is 103 Å². The Morgan fingerprint density at radius 3 is 1.12 bits per heavy atom. The molecule has 0 saturated heterocycles. The lowest BCUT2D eigenvalue weighted by Gasteiger charge is -2.10. The minimum Gasteiger partial charge on any atom is -0.208 e. The lowest BCUT2D eigenvalue weighted by Crippen LogP contribution is -2.00. The molecular formula is C39H43N3. The molecule has 0 aliphatic heterocycles. The van der Waals surface area contributed by atoms with Crippen LogP contribution in [0, 0.1) is 0 Å². The van der Waals surface area contributed by atoms with Crippen LogP contribution in [-0.4, -0.2) is 15.0 Å². The molecule has 0 unspecified atom stereocenters. The molecule has 0 radical (unpaired) electrons. The number of hydrogen-bond donors (Lipinski definition) is 0. The Hall–Kier alpha value is -4.11. The van der Waals surface area contributed by atoms with E-state index in [9.17, 15) is 0 Å². The van der Waals surface area contributed by atoms with Crippen molar-refractivity contribution in [3.05, 3.63) is 114 Å². The van der Waals surface area contributed by atoms with Crippen LogP contribution in [0.2, 0.25) is 0 Å². The van der Waals surface area contributed by atoms with Crippen molar-refractivity contribution in [3.8, 4) is 45.3 Å². The highest BCUT2D eigenvalue weighted by Crippen LogP contribution is 2.28. The first-order valence-electron chi connectivity index (χ1n) is 15.8. The van der Waals surface area contributed by atoms with Crippen molar-refractivity contribution in [1.29, 1.82) is 0 Å². The molecular weight excluding hydrogens is 510 g/mol. The van der Waals surface area contributed by atoms with Gasteiger partial charge in [0.05, 0.1) is 0 Å². The van der Waals surface area contributed by atoms with Crippen molar-refractivity contribution in [2.75, 3.05) is 0 Å². The molecule has 1 aromatic heterocycles. The summed E-state index contributed by atoms with van der Waals surface area (Å²) in [5.74, 6) is 2.12. The summed E-state index contributed by atoms with van der Waals surface area (Å²) in [6, 6.07) is 36.5. The second-order valence-electron chi connectivity index (χ2n) is 11.3. The van der Waals surface area contributed by atoms with E-state index in [1.165, 1.54) is 73.6 Å². The normalized spacial score (nSPS) is 11.1. The molecule has 5 aromatic rings. The highest BCUT2D eigenvalue weighted by atomic mass is 15.0. The fourth-order valence-electron chi connectivity index (χ4n) is 5.36. The van der Waals surface area contributed by atoms with Crippen molar-refractivity contribution in [3.63, 3.8) is 0 Å². The van der Waals surface area contributed by atoms with Crippen molar-refractivity contribution >= 4 is 0 Å². The van der Waals surface area contributed by atoms with Crippen LogP contribution in [-0.2, 0) is 12.8 Å². The molecule has 3 heteroatoms. The SMILES string of the molecule is CCCCCCc1ccc(-c2nc(-c3ccc(CCCCCC)cc3)nc(-c3ccc(-c4ccccc4)cc3)n2)cc1. The third kappa shape index (κ3) is 8.00. The first kappa shape index (κ1) is 29.4. The largest absolute Gasteiger partial charge is 0.208 e.